The Hall–Kier alpha value is -3.06. The highest BCUT2D eigenvalue weighted by Gasteiger charge is 2.20. The first-order valence-electron chi connectivity index (χ1n) is 9.16. The number of aromatic nitrogens is 2. The van der Waals surface area contributed by atoms with E-state index in [1.165, 1.54) is 26.0 Å². The van der Waals surface area contributed by atoms with E-state index in [-0.39, 0.29) is 11.1 Å². The minimum atomic E-state index is -0.0591. The summed E-state index contributed by atoms with van der Waals surface area (Å²) in [4.78, 5) is 21.5. The molecule has 0 fully saturated rings. The van der Waals surface area contributed by atoms with Crippen LogP contribution < -0.4 is 14.2 Å². The van der Waals surface area contributed by atoms with Crippen LogP contribution in [0.1, 0.15) is 23.7 Å². The van der Waals surface area contributed by atoms with Crippen LogP contribution in [0.15, 0.2) is 54.6 Å². The van der Waals surface area contributed by atoms with Gasteiger partial charge in [-0.3, -0.25) is 4.79 Å². The van der Waals surface area contributed by atoms with Crippen molar-refractivity contribution in [2.45, 2.75) is 13.3 Å². The lowest BCUT2D eigenvalue weighted by Gasteiger charge is -2.14. The van der Waals surface area contributed by atoms with Crippen molar-refractivity contribution in [2.75, 3.05) is 20.0 Å². The summed E-state index contributed by atoms with van der Waals surface area (Å²) >= 11 is 1.27. The molecule has 0 amide bonds. The third-order valence-corrected chi connectivity index (χ3v) is 5.11. The lowest BCUT2D eigenvalue weighted by molar-refractivity contribution is 0.108. The third kappa shape index (κ3) is 5.06. The van der Waals surface area contributed by atoms with E-state index in [1.807, 2.05) is 49.4 Å². The van der Waals surface area contributed by atoms with E-state index in [4.69, 9.17) is 14.2 Å². The van der Waals surface area contributed by atoms with Gasteiger partial charge in [-0.25, -0.2) is 0 Å². The fourth-order valence-corrected chi connectivity index (χ4v) is 3.43. The Morgan fingerprint density at radius 3 is 2.28 bits per heavy atom. The van der Waals surface area contributed by atoms with E-state index in [1.54, 1.807) is 12.1 Å². The molecule has 3 rings (SSSR count). The topological polar surface area (TPSA) is 70.5 Å². The van der Waals surface area contributed by atoms with E-state index in [0.717, 1.165) is 23.3 Å². The van der Waals surface area contributed by atoms with Gasteiger partial charge in [-0.05, 0) is 23.6 Å². The quantitative estimate of drug-likeness (QED) is 0.503. The summed E-state index contributed by atoms with van der Waals surface area (Å²) in [5.41, 5.74) is 2.22. The second-order valence-electron chi connectivity index (χ2n) is 6.02. The number of methoxy groups -OCH3 is 2. The predicted molar refractivity (Wildman–Crippen MR) is 114 cm³/mol. The average Bonchev–Trinajstić information content (AvgIpc) is 2.77. The summed E-state index contributed by atoms with van der Waals surface area (Å²) in [5, 5.41) is -0.0591. The van der Waals surface area contributed by atoms with Crippen LogP contribution in [0.25, 0.3) is 11.1 Å². The minimum Gasteiger partial charge on any atom is -0.481 e. The molecule has 0 saturated heterocycles. The molecule has 0 saturated carbocycles. The van der Waals surface area contributed by atoms with E-state index in [2.05, 4.69) is 9.97 Å². The highest BCUT2D eigenvalue weighted by Crippen LogP contribution is 2.36. The predicted octanol–water partition coefficient (Wildman–Crippen LogP) is 5.24. The molecule has 0 aliphatic rings. The zero-order valence-corrected chi connectivity index (χ0v) is 17.4. The van der Waals surface area contributed by atoms with Crippen LogP contribution in [0.2, 0.25) is 0 Å². The van der Waals surface area contributed by atoms with Crippen molar-refractivity contribution in [3.8, 4) is 34.6 Å². The zero-order chi connectivity index (χ0) is 20.6. The molecule has 0 aliphatic carbocycles. The Morgan fingerprint density at radius 2 is 1.66 bits per heavy atom. The lowest BCUT2D eigenvalue weighted by Crippen LogP contribution is -2.04. The number of thioether (sulfide) groups is 1. The molecule has 0 aliphatic heterocycles. The maximum Gasteiger partial charge on any atom is 0.328 e. The van der Waals surface area contributed by atoms with Crippen molar-refractivity contribution < 1.29 is 19.0 Å². The molecule has 1 aromatic heterocycles. The first kappa shape index (κ1) is 20.7. The molecule has 0 N–H and O–H groups in total. The van der Waals surface area contributed by atoms with Gasteiger partial charge < -0.3 is 14.2 Å². The highest BCUT2D eigenvalue weighted by molar-refractivity contribution is 8.14. The SMILES string of the molecule is CCCSC(=O)c1c(Oc2nc(OC)cc(OC)n2)cccc1-c1ccccc1. The summed E-state index contributed by atoms with van der Waals surface area (Å²) in [6.45, 7) is 2.04. The van der Waals surface area contributed by atoms with Crippen LogP contribution >= 0.6 is 11.8 Å². The molecular formula is C22H22N2O4S. The normalized spacial score (nSPS) is 10.4. The van der Waals surface area contributed by atoms with Gasteiger partial charge in [0, 0.05) is 5.75 Å². The molecule has 7 heteroatoms. The van der Waals surface area contributed by atoms with Gasteiger partial charge in [0.25, 0.3) is 0 Å². The van der Waals surface area contributed by atoms with Gasteiger partial charge in [0.2, 0.25) is 16.9 Å². The zero-order valence-electron chi connectivity index (χ0n) is 16.5. The number of carbonyl (C=O) groups excluding carboxylic acids is 1. The minimum absolute atomic E-state index is 0.0425. The maximum atomic E-state index is 13.0. The number of nitrogens with zero attached hydrogens (tertiary/aromatic N) is 2. The molecule has 150 valence electrons. The first-order chi connectivity index (χ1) is 14.2. The Labute approximate surface area is 174 Å². The van der Waals surface area contributed by atoms with Crippen LogP contribution in [0.4, 0.5) is 0 Å². The van der Waals surface area contributed by atoms with Crippen LogP contribution in [-0.4, -0.2) is 35.1 Å². The van der Waals surface area contributed by atoms with Crippen LogP contribution in [0.5, 0.6) is 23.5 Å². The standard InChI is InChI=1S/C22H22N2O4S/c1-4-13-29-21(25)20-16(15-9-6-5-7-10-15)11-8-12-17(20)28-22-23-18(26-2)14-19(24-22)27-3/h5-12,14H,4,13H2,1-3H3. The molecule has 0 spiro atoms. The average molecular weight is 410 g/mol. The van der Waals surface area contributed by atoms with Crippen molar-refractivity contribution in [3.63, 3.8) is 0 Å². The van der Waals surface area contributed by atoms with Gasteiger partial charge in [-0.1, -0.05) is 61.2 Å². The van der Waals surface area contributed by atoms with Gasteiger partial charge >= 0.3 is 6.01 Å². The van der Waals surface area contributed by atoms with E-state index in [0.29, 0.717) is 23.1 Å². The summed E-state index contributed by atoms with van der Waals surface area (Å²) in [6, 6.07) is 16.8. The van der Waals surface area contributed by atoms with Crippen molar-refractivity contribution >= 4 is 16.9 Å². The Balaban J connectivity index is 2.07. The summed E-state index contributed by atoms with van der Waals surface area (Å²) in [7, 11) is 3.00. The molecule has 2 aromatic carbocycles. The Morgan fingerprint density at radius 1 is 0.966 bits per heavy atom. The van der Waals surface area contributed by atoms with Crippen molar-refractivity contribution in [1.29, 1.82) is 0 Å². The van der Waals surface area contributed by atoms with Crippen LogP contribution in [-0.2, 0) is 0 Å². The van der Waals surface area contributed by atoms with Crippen molar-refractivity contribution in [3.05, 3.63) is 60.2 Å². The molecular weight excluding hydrogens is 388 g/mol. The van der Waals surface area contributed by atoms with E-state index in [9.17, 15) is 4.79 Å². The number of hydrogen-bond acceptors (Lipinski definition) is 7. The first-order valence-corrected chi connectivity index (χ1v) is 10.1. The fourth-order valence-electron chi connectivity index (χ4n) is 2.69. The molecule has 0 radical (unpaired) electrons. The smallest absolute Gasteiger partial charge is 0.328 e. The van der Waals surface area contributed by atoms with E-state index >= 15 is 0 Å². The second kappa shape index (κ2) is 9.93. The molecule has 3 aromatic rings. The number of carbonyl (C=O) groups is 1. The largest absolute Gasteiger partial charge is 0.481 e. The maximum absolute atomic E-state index is 13.0. The summed E-state index contributed by atoms with van der Waals surface area (Å²) < 4.78 is 16.3. The summed E-state index contributed by atoms with van der Waals surface area (Å²) in [5.74, 6) is 1.72. The second-order valence-corrected chi connectivity index (χ2v) is 7.09. The third-order valence-electron chi connectivity index (χ3n) is 4.03. The van der Waals surface area contributed by atoms with Gasteiger partial charge in [0.15, 0.2) is 0 Å². The molecule has 0 bridgehead atoms. The number of hydrogen-bond donors (Lipinski definition) is 0. The van der Waals surface area contributed by atoms with Gasteiger partial charge in [0.05, 0.1) is 25.8 Å². The fraction of sp³-hybridized carbons (Fsp3) is 0.227. The number of ether oxygens (including phenoxy) is 3. The van der Waals surface area contributed by atoms with Gasteiger partial charge in [-0.2, -0.15) is 9.97 Å². The van der Waals surface area contributed by atoms with Crippen molar-refractivity contribution in [2.24, 2.45) is 0 Å². The van der Waals surface area contributed by atoms with Gasteiger partial charge in [0.1, 0.15) is 5.75 Å². The monoisotopic (exact) mass is 410 g/mol. The summed E-state index contributed by atoms with van der Waals surface area (Å²) in [6.07, 6.45) is 0.899. The highest BCUT2D eigenvalue weighted by atomic mass is 32.2. The lowest BCUT2D eigenvalue weighted by atomic mass is 9.99. The number of benzene rings is 2. The van der Waals surface area contributed by atoms with E-state index < -0.39 is 0 Å². The molecule has 0 unspecified atom stereocenters. The van der Waals surface area contributed by atoms with Crippen LogP contribution in [0, 0.1) is 0 Å². The van der Waals surface area contributed by atoms with Crippen LogP contribution in [0.3, 0.4) is 0 Å². The van der Waals surface area contributed by atoms with Gasteiger partial charge in [-0.15, -0.1) is 0 Å². The molecule has 29 heavy (non-hydrogen) atoms. The molecule has 6 nitrogen and oxygen atoms in total. The Bertz CT molecular complexity index is 958. The Kier molecular flexibility index (Phi) is 7.08. The van der Waals surface area contributed by atoms with Crippen molar-refractivity contribution in [1.82, 2.24) is 9.97 Å². The molecule has 1 heterocycles. The molecule has 0 atom stereocenters. The number of rotatable bonds is 8.